The first kappa shape index (κ1) is 23.0. The third-order valence-corrected chi connectivity index (χ3v) is 7.43. The largest absolute Gasteiger partial charge is 0.419 e. The Morgan fingerprint density at radius 3 is 2.69 bits per heavy atom. The van der Waals surface area contributed by atoms with Gasteiger partial charge in [0, 0.05) is 35.9 Å². The van der Waals surface area contributed by atoms with Crippen LogP contribution in [0.4, 0.5) is 19.1 Å². The zero-order valence-corrected chi connectivity index (χ0v) is 19.7. The second-order valence-corrected chi connectivity index (χ2v) is 11.2. The lowest BCUT2D eigenvalue weighted by molar-refractivity contribution is -0.137. The van der Waals surface area contributed by atoms with Gasteiger partial charge in [-0.25, -0.2) is 9.97 Å². The van der Waals surface area contributed by atoms with Crippen LogP contribution in [-0.4, -0.2) is 59.9 Å². The molecule has 3 aromatic rings. The summed E-state index contributed by atoms with van der Waals surface area (Å²) in [6.07, 6.45) is 1.15. The van der Waals surface area contributed by atoms with Crippen LogP contribution in [0.15, 0.2) is 30.6 Å². The summed E-state index contributed by atoms with van der Waals surface area (Å²) >= 11 is 0. The molecule has 9 heteroatoms. The summed E-state index contributed by atoms with van der Waals surface area (Å²) in [6, 6.07) is 5.93. The molecule has 0 amide bonds. The number of fused-ring (bicyclic) bond motifs is 1. The Morgan fingerprint density at radius 2 is 2.00 bits per heavy atom. The van der Waals surface area contributed by atoms with Gasteiger partial charge in [-0.1, -0.05) is 32.5 Å². The summed E-state index contributed by atoms with van der Waals surface area (Å²) in [5.41, 5.74) is 0.424. The van der Waals surface area contributed by atoms with Crippen LogP contribution in [0.5, 0.6) is 0 Å². The molecule has 2 heterocycles. The molecule has 32 heavy (non-hydrogen) atoms. The van der Waals surface area contributed by atoms with Gasteiger partial charge in [-0.15, -0.1) is 0 Å². The van der Waals surface area contributed by atoms with E-state index in [-0.39, 0.29) is 17.7 Å². The Balaban J connectivity index is 1.76. The van der Waals surface area contributed by atoms with Gasteiger partial charge in [-0.05, 0) is 51.5 Å². The number of nitrogens with zero attached hydrogens (tertiary/aromatic N) is 3. The van der Waals surface area contributed by atoms with E-state index in [1.807, 2.05) is 32.3 Å². The van der Waals surface area contributed by atoms with E-state index in [2.05, 4.69) is 38.5 Å². The molecule has 1 aromatic carbocycles. The lowest BCUT2D eigenvalue weighted by atomic mass is 10.0. The van der Waals surface area contributed by atoms with Crippen molar-refractivity contribution in [2.24, 2.45) is 5.92 Å². The van der Waals surface area contributed by atoms with Gasteiger partial charge in [0.15, 0.2) is 0 Å². The van der Waals surface area contributed by atoms with Crippen LogP contribution in [0.3, 0.4) is 0 Å². The first-order chi connectivity index (χ1) is 15.1. The van der Waals surface area contributed by atoms with E-state index in [1.165, 1.54) is 0 Å². The molecule has 172 valence electrons. The van der Waals surface area contributed by atoms with Crippen LogP contribution >= 0.6 is 7.92 Å². The molecule has 0 aliphatic heterocycles. The van der Waals surface area contributed by atoms with Crippen LogP contribution in [-0.2, 0) is 6.18 Å². The Labute approximate surface area is 187 Å². The quantitative estimate of drug-likeness (QED) is 0.497. The highest BCUT2D eigenvalue weighted by Crippen LogP contribution is 2.40. The first-order valence-electron chi connectivity index (χ1n) is 10.8. The Bertz CT molecular complexity index is 1090. The molecule has 2 aromatic heterocycles. The van der Waals surface area contributed by atoms with Crippen molar-refractivity contribution < 1.29 is 13.2 Å². The molecule has 2 N–H and O–H groups in total. The average molecular weight is 463 g/mol. The summed E-state index contributed by atoms with van der Waals surface area (Å²) in [7, 11) is 3.66. The summed E-state index contributed by atoms with van der Waals surface area (Å²) < 4.78 is 41.6. The molecular weight excluding hydrogens is 434 g/mol. The van der Waals surface area contributed by atoms with Crippen molar-refractivity contribution in [3.8, 4) is 11.3 Å². The Hall–Kier alpha value is -2.18. The fraction of sp³-hybridized carbons (Fsp3) is 0.478. The SMILES string of the molecule is CN(C)CC1CCCC1Nc1ncc(C(F)(F)F)c(-c2c[nH]c3c(P(C)C)cccc23)n1. The van der Waals surface area contributed by atoms with E-state index in [4.69, 9.17) is 0 Å². The van der Waals surface area contributed by atoms with Crippen LogP contribution in [0.25, 0.3) is 22.2 Å². The van der Waals surface area contributed by atoms with Crippen LogP contribution < -0.4 is 10.6 Å². The standard InChI is InChI=1S/C23H29F3N5P/c1-31(2)13-14-7-5-9-18(14)29-22-28-12-17(23(24,25)26)20(30-22)16-11-27-21-15(16)8-6-10-19(21)32(3)4/h6,8,10-12,14,18,27H,5,7,9,13H2,1-4H3,(H,28,29,30). The molecule has 1 aliphatic carbocycles. The fourth-order valence-corrected chi connectivity index (χ4v) is 5.67. The third kappa shape index (κ3) is 4.62. The molecule has 1 aliphatic rings. The highest BCUT2D eigenvalue weighted by Gasteiger charge is 2.36. The number of halogens is 3. The predicted octanol–water partition coefficient (Wildman–Crippen LogP) is 5.15. The summed E-state index contributed by atoms with van der Waals surface area (Å²) in [5, 5.41) is 5.21. The van der Waals surface area contributed by atoms with E-state index in [0.29, 0.717) is 11.5 Å². The molecule has 2 unspecified atom stereocenters. The highest BCUT2D eigenvalue weighted by atomic mass is 31.1. The molecule has 0 bridgehead atoms. The number of benzene rings is 1. The van der Waals surface area contributed by atoms with Crippen molar-refractivity contribution in [3.05, 3.63) is 36.2 Å². The van der Waals surface area contributed by atoms with Crippen LogP contribution in [0.1, 0.15) is 24.8 Å². The van der Waals surface area contributed by atoms with E-state index in [9.17, 15) is 13.2 Å². The molecule has 0 radical (unpaired) electrons. The molecular formula is C23H29F3N5P. The number of anilines is 1. The first-order valence-corrected chi connectivity index (χ1v) is 13.0. The molecule has 4 rings (SSSR count). The van der Waals surface area contributed by atoms with Crippen molar-refractivity contribution in [1.82, 2.24) is 19.9 Å². The topological polar surface area (TPSA) is 56.8 Å². The monoisotopic (exact) mass is 463 g/mol. The molecule has 0 spiro atoms. The van der Waals surface area contributed by atoms with Crippen molar-refractivity contribution >= 4 is 30.1 Å². The maximum atomic E-state index is 13.9. The van der Waals surface area contributed by atoms with Gasteiger partial charge in [0.2, 0.25) is 5.95 Å². The minimum Gasteiger partial charge on any atom is -0.360 e. The van der Waals surface area contributed by atoms with Crippen LogP contribution in [0.2, 0.25) is 0 Å². The highest BCUT2D eigenvalue weighted by molar-refractivity contribution is 7.64. The minimum absolute atomic E-state index is 0.0860. The molecule has 1 fully saturated rings. The van der Waals surface area contributed by atoms with E-state index in [0.717, 1.165) is 48.2 Å². The number of para-hydroxylation sites is 1. The second kappa shape index (κ2) is 8.99. The minimum atomic E-state index is -4.54. The van der Waals surface area contributed by atoms with Crippen molar-refractivity contribution in [3.63, 3.8) is 0 Å². The van der Waals surface area contributed by atoms with Gasteiger partial charge in [-0.2, -0.15) is 13.2 Å². The molecule has 2 atom stereocenters. The van der Waals surface area contributed by atoms with Gasteiger partial charge in [-0.3, -0.25) is 0 Å². The number of H-pyrrole nitrogens is 1. The summed E-state index contributed by atoms with van der Waals surface area (Å²) in [6.45, 7) is 5.18. The number of alkyl halides is 3. The molecule has 5 nitrogen and oxygen atoms in total. The second-order valence-electron chi connectivity index (χ2n) is 8.95. The Kier molecular flexibility index (Phi) is 6.46. The zero-order chi connectivity index (χ0) is 23.0. The number of hydrogen-bond acceptors (Lipinski definition) is 4. The predicted molar refractivity (Wildman–Crippen MR) is 126 cm³/mol. The van der Waals surface area contributed by atoms with Gasteiger partial charge in [0.05, 0.1) is 11.2 Å². The van der Waals surface area contributed by atoms with Crippen LogP contribution in [0, 0.1) is 5.92 Å². The summed E-state index contributed by atoms with van der Waals surface area (Å²) in [5.74, 6) is 0.672. The zero-order valence-electron chi connectivity index (χ0n) is 18.8. The number of hydrogen-bond donors (Lipinski definition) is 2. The third-order valence-electron chi connectivity index (χ3n) is 6.10. The van der Waals surface area contributed by atoms with E-state index >= 15 is 0 Å². The van der Waals surface area contributed by atoms with Gasteiger partial charge < -0.3 is 15.2 Å². The smallest absolute Gasteiger partial charge is 0.360 e. The lowest BCUT2D eigenvalue weighted by Crippen LogP contribution is -2.32. The maximum absolute atomic E-state index is 13.9. The van der Waals surface area contributed by atoms with Gasteiger partial charge in [0.1, 0.15) is 5.56 Å². The molecule has 0 saturated heterocycles. The number of nitrogens with one attached hydrogen (secondary N) is 2. The average Bonchev–Trinajstić information content (AvgIpc) is 3.33. The van der Waals surface area contributed by atoms with Crippen molar-refractivity contribution in [1.29, 1.82) is 0 Å². The number of rotatable bonds is 6. The van der Waals surface area contributed by atoms with E-state index < -0.39 is 19.7 Å². The number of aromatic nitrogens is 3. The number of aromatic amines is 1. The fourth-order valence-electron chi connectivity index (χ4n) is 4.65. The van der Waals surface area contributed by atoms with Gasteiger partial charge >= 0.3 is 6.18 Å². The normalized spacial score (nSPS) is 19.4. The van der Waals surface area contributed by atoms with Gasteiger partial charge in [0.25, 0.3) is 0 Å². The lowest BCUT2D eigenvalue weighted by Gasteiger charge is -2.24. The summed E-state index contributed by atoms with van der Waals surface area (Å²) in [4.78, 5) is 13.8. The van der Waals surface area contributed by atoms with E-state index in [1.54, 1.807) is 6.20 Å². The Morgan fingerprint density at radius 1 is 1.22 bits per heavy atom. The molecule has 1 saturated carbocycles. The maximum Gasteiger partial charge on any atom is 0.419 e. The van der Waals surface area contributed by atoms with Crippen molar-refractivity contribution in [2.45, 2.75) is 31.5 Å². The van der Waals surface area contributed by atoms with Crippen molar-refractivity contribution in [2.75, 3.05) is 39.3 Å².